The van der Waals surface area contributed by atoms with Crippen molar-refractivity contribution in [3.8, 4) is 16.3 Å². The van der Waals surface area contributed by atoms with E-state index in [1.807, 2.05) is 57.3 Å². The van der Waals surface area contributed by atoms with Crippen molar-refractivity contribution in [1.82, 2.24) is 25.0 Å². The van der Waals surface area contributed by atoms with E-state index in [2.05, 4.69) is 15.4 Å². The van der Waals surface area contributed by atoms with E-state index in [4.69, 9.17) is 4.74 Å². The first-order valence-electron chi connectivity index (χ1n) is 10.6. The van der Waals surface area contributed by atoms with Crippen LogP contribution in [-0.4, -0.2) is 56.4 Å². The molecule has 2 amide bonds. The van der Waals surface area contributed by atoms with Gasteiger partial charge in [0.1, 0.15) is 16.3 Å². The van der Waals surface area contributed by atoms with Crippen LogP contribution in [0.25, 0.3) is 16.3 Å². The van der Waals surface area contributed by atoms with Gasteiger partial charge in [-0.1, -0.05) is 18.2 Å². The van der Waals surface area contributed by atoms with Gasteiger partial charge in [0, 0.05) is 36.3 Å². The molecule has 0 spiro atoms. The number of benzene rings is 1. The molecule has 1 fully saturated rings. The minimum absolute atomic E-state index is 0.130. The van der Waals surface area contributed by atoms with Crippen molar-refractivity contribution in [2.24, 2.45) is 0 Å². The molecule has 1 aliphatic rings. The minimum Gasteiger partial charge on any atom is -0.444 e. The number of nitrogens with one attached hydrogen (secondary N) is 1. The fraction of sp³-hybridized carbons (Fsp3) is 0.391. The highest BCUT2D eigenvalue weighted by Gasteiger charge is 2.29. The molecule has 0 aliphatic carbocycles. The van der Waals surface area contributed by atoms with Crippen molar-refractivity contribution in [3.05, 3.63) is 53.8 Å². The lowest BCUT2D eigenvalue weighted by atomic mass is 10.1. The number of rotatable bonds is 4. The molecule has 3 heterocycles. The highest BCUT2D eigenvalue weighted by molar-refractivity contribution is 7.13. The number of hydrogen-bond donors (Lipinski definition) is 1. The normalized spacial score (nSPS) is 16.6. The summed E-state index contributed by atoms with van der Waals surface area (Å²) >= 11 is 1.40. The summed E-state index contributed by atoms with van der Waals surface area (Å²) < 4.78 is 7.24. The first-order chi connectivity index (χ1) is 15.3. The summed E-state index contributed by atoms with van der Waals surface area (Å²) in [6, 6.07) is 9.69. The molecule has 1 N–H and O–H groups in total. The molecule has 1 atom stereocenters. The Balaban J connectivity index is 1.38. The Kier molecular flexibility index (Phi) is 6.27. The van der Waals surface area contributed by atoms with Gasteiger partial charge in [-0.2, -0.15) is 5.10 Å². The summed E-state index contributed by atoms with van der Waals surface area (Å²) in [4.78, 5) is 31.3. The van der Waals surface area contributed by atoms with Crippen molar-refractivity contribution in [3.63, 3.8) is 0 Å². The summed E-state index contributed by atoms with van der Waals surface area (Å²) in [5.41, 5.74) is 1.64. The zero-order valence-corrected chi connectivity index (χ0v) is 19.3. The maximum Gasteiger partial charge on any atom is 0.410 e. The fourth-order valence-corrected chi connectivity index (χ4v) is 4.29. The third-order valence-electron chi connectivity index (χ3n) is 5.00. The number of aromatic nitrogens is 3. The number of carbonyl (C=O) groups excluding carboxylic acids is 2. The number of nitrogens with zero attached hydrogens (tertiary/aromatic N) is 4. The molecule has 0 saturated carbocycles. The second kappa shape index (κ2) is 9.12. The first-order valence-corrected chi connectivity index (χ1v) is 11.5. The summed E-state index contributed by atoms with van der Waals surface area (Å²) in [6.45, 7) is 6.60. The van der Waals surface area contributed by atoms with Gasteiger partial charge < -0.3 is 15.0 Å². The van der Waals surface area contributed by atoms with Gasteiger partial charge in [0.25, 0.3) is 5.91 Å². The van der Waals surface area contributed by atoms with Crippen molar-refractivity contribution in [2.45, 2.75) is 45.3 Å². The Hall–Kier alpha value is -3.20. The Labute approximate surface area is 191 Å². The third-order valence-corrected chi connectivity index (χ3v) is 5.89. The van der Waals surface area contributed by atoms with E-state index in [9.17, 15) is 9.59 Å². The predicted molar refractivity (Wildman–Crippen MR) is 123 cm³/mol. The fourth-order valence-electron chi connectivity index (χ4n) is 3.51. The largest absolute Gasteiger partial charge is 0.444 e. The number of para-hydroxylation sites is 1. The van der Waals surface area contributed by atoms with Crippen molar-refractivity contribution < 1.29 is 14.3 Å². The average molecular weight is 454 g/mol. The van der Waals surface area contributed by atoms with Gasteiger partial charge in [-0.25, -0.2) is 14.5 Å². The summed E-state index contributed by atoms with van der Waals surface area (Å²) in [5, 5.41) is 9.89. The molecular formula is C23H27N5O3S. The molecular weight excluding hydrogens is 426 g/mol. The zero-order valence-electron chi connectivity index (χ0n) is 18.4. The van der Waals surface area contributed by atoms with E-state index in [0.29, 0.717) is 18.8 Å². The van der Waals surface area contributed by atoms with Crippen LogP contribution in [0.3, 0.4) is 0 Å². The first kappa shape index (κ1) is 22.0. The molecule has 168 valence electrons. The lowest BCUT2D eigenvalue weighted by molar-refractivity contribution is 0.0185. The molecule has 0 radical (unpaired) electrons. The number of ether oxygens (including phenoxy) is 1. The van der Waals surface area contributed by atoms with Crippen LogP contribution in [0, 0.1) is 0 Å². The Morgan fingerprint density at radius 2 is 2.00 bits per heavy atom. The van der Waals surface area contributed by atoms with Crippen LogP contribution in [-0.2, 0) is 4.74 Å². The Morgan fingerprint density at radius 1 is 1.22 bits per heavy atom. The minimum atomic E-state index is -0.543. The van der Waals surface area contributed by atoms with E-state index >= 15 is 0 Å². The van der Waals surface area contributed by atoms with Crippen LogP contribution in [0.15, 0.2) is 48.1 Å². The summed E-state index contributed by atoms with van der Waals surface area (Å²) in [6.07, 6.45) is 4.92. The quantitative estimate of drug-likeness (QED) is 0.642. The maximum absolute atomic E-state index is 12.8. The molecule has 1 saturated heterocycles. The lowest BCUT2D eigenvalue weighted by Gasteiger charge is -2.34. The van der Waals surface area contributed by atoms with Crippen molar-refractivity contribution >= 4 is 23.3 Å². The topological polar surface area (TPSA) is 89.4 Å². The highest BCUT2D eigenvalue weighted by atomic mass is 32.1. The number of amides is 2. The van der Waals surface area contributed by atoms with Crippen molar-refractivity contribution in [2.75, 3.05) is 13.1 Å². The smallest absolute Gasteiger partial charge is 0.410 e. The van der Waals surface area contributed by atoms with Gasteiger partial charge in [0.15, 0.2) is 0 Å². The Morgan fingerprint density at radius 3 is 2.75 bits per heavy atom. The Bertz CT molecular complexity index is 1090. The summed E-state index contributed by atoms with van der Waals surface area (Å²) in [5.74, 6) is -0.237. The van der Waals surface area contributed by atoms with Crippen LogP contribution in [0.5, 0.6) is 0 Å². The molecule has 2 aromatic heterocycles. The molecule has 0 bridgehead atoms. The number of carbonyl (C=O) groups is 2. The van der Waals surface area contributed by atoms with E-state index < -0.39 is 5.60 Å². The molecule has 1 aliphatic heterocycles. The molecule has 3 aromatic rings. The zero-order chi connectivity index (χ0) is 22.7. The van der Waals surface area contributed by atoms with Crippen molar-refractivity contribution in [1.29, 1.82) is 0 Å². The second-order valence-electron chi connectivity index (χ2n) is 8.79. The summed E-state index contributed by atoms with van der Waals surface area (Å²) in [7, 11) is 0. The monoisotopic (exact) mass is 453 g/mol. The van der Waals surface area contributed by atoms with Gasteiger partial charge >= 0.3 is 6.09 Å². The van der Waals surface area contributed by atoms with Crippen LogP contribution in [0.4, 0.5) is 4.79 Å². The van der Waals surface area contributed by atoms with E-state index in [1.54, 1.807) is 21.2 Å². The van der Waals surface area contributed by atoms with Crippen LogP contribution < -0.4 is 5.32 Å². The van der Waals surface area contributed by atoms with Gasteiger partial charge in [-0.15, -0.1) is 11.3 Å². The molecule has 1 aromatic carbocycles. The van der Waals surface area contributed by atoms with E-state index in [1.165, 1.54) is 11.3 Å². The maximum atomic E-state index is 12.8. The molecule has 9 heteroatoms. The molecule has 32 heavy (non-hydrogen) atoms. The van der Waals surface area contributed by atoms with Crippen LogP contribution >= 0.6 is 11.3 Å². The standard InChI is InChI=1S/C23H27N5O3S/c1-23(2,3)31-22(30)27-11-7-8-17(14-27)25-20(29)19-15-32-21(26-19)16-12-24-28(13-16)18-9-5-4-6-10-18/h4-6,9-10,12-13,15,17H,7-8,11,14H2,1-3H3,(H,25,29)/t17-/m0/s1. The van der Waals surface area contributed by atoms with Gasteiger partial charge in [0.05, 0.1) is 11.9 Å². The molecule has 8 nitrogen and oxygen atoms in total. The van der Waals surface area contributed by atoms with Crippen LogP contribution in [0.2, 0.25) is 0 Å². The number of piperidine rings is 1. The van der Waals surface area contributed by atoms with E-state index in [-0.39, 0.29) is 18.0 Å². The SMILES string of the molecule is CC(C)(C)OC(=O)N1CCC[C@H](NC(=O)c2csc(-c3cnn(-c4ccccc4)c3)n2)C1. The highest BCUT2D eigenvalue weighted by Crippen LogP contribution is 2.24. The second-order valence-corrected chi connectivity index (χ2v) is 9.64. The van der Waals surface area contributed by atoms with Crippen LogP contribution in [0.1, 0.15) is 44.1 Å². The number of likely N-dealkylation sites (tertiary alicyclic amines) is 1. The van der Waals surface area contributed by atoms with Gasteiger partial charge in [-0.3, -0.25) is 4.79 Å². The van der Waals surface area contributed by atoms with Gasteiger partial charge in [-0.05, 0) is 45.7 Å². The number of thiazole rings is 1. The third kappa shape index (κ3) is 5.34. The van der Waals surface area contributed by atoms with Gasteiger partial charge in [0.2, 0.25) is 0 Å². The predicted octanol–water partition coefficient (Wildman–Crippen LogP) is 4.13. The van der Waals surface area contributed by atoms with E-state index in [0.717, 1.165) is 29.1 Å². The molecule has 0 unspecified atom stereocenters. The average Bonchev–Trinajstić information content (AvgIpc) is 3.43. The number of hydrogen-bond acceptors (Lipinski definition) is 6. The lowest BCUT2D eigenvalue weighted by Crippen LogP contribution is -2.50. The molecule has 4 rings (SSSR count).